The molecule has 3 heterocycles. The Hall–Kier alpha value is -2.28. The number of piperazine rings is 1. The minimum atomic E-state index is -0.282. The lowest BCUT2D eigenvalue weighted by atomic mass is 10.1. The molecule has 0 saturated carbocycles. The van der Waals surface area contributed by atoms with Crippen LogP contribution in [0.2, 0.25) is 0 Å². The number of ether oxygens (including phenoxy) is 3. The third kappa shape index (κ3) is 3.42. The number of hydrogen-bond acceptors (Lipinski definition) is 5. The van der Waals surface area contributed by atoms with E-state index in [-0.39, 0.29) is 24.7 Å². The zero-order valence-corrected chi connectivity index (χ0v) is 14.1. The molecule has 2 fully saturated rings. The zero-order chi connectivity index (χ0) is 17.2. The van der Waals surface area contributed by atoms with Crippen LogP contribution in [0.3, 0.4) is 0 Å². The highest BCUT2D eigenvalue weighted by Crippen LogP contribution is 2.32. The number of fused-ring (bicyclic) bond motifs is 1. The normalized spacial score (nSPS) is 22.3. The van der Waals surface area contributed by atoms with Gasteiger partial charge in [0.25, 0.3) is 5.91 Å². The van der Waals surface area contributed by atoms with Crippen molar-refractivity contribution in [2.75, 3.05) is 39.6 Å². The highest BCUT2D eigenvalue weighted by molar-refractivity contribution is 5.82. The molecule has 0 N–H and O–H groups in total. The van der Waals surface area contributed by atoms with Gasteiger partial charge in [-0.1, -0.05) is 6.07 Å². The standard InChI is InChI=1S/C18H22N2O5/c21-17(11-13-3-4-14-16(10-13)25-12-24-14)19-5-7-20(8-6-19)18(22)15-2-1-9-23-15/h3-4,10,15H,1-2,5-9,11-12H2. The second-order valence-corrected chi connectivity index (χ2v) is 6.57. The maximum Gasteiger partial charge on any atom is 0.251 e. The number of benzene rings is 1. The highest BCUT2D eigenvalue weighted by Gasteiger charge is 2.31. The van der Waals surface area contributed by atoms with E-state index in [2.05, 4.69) is 0 Å². The predicted octanol–water partition coefficient (Wildman–Crippen LogP) is 0.808. The summed E-state index contributed by atoms with van der Waals surface area (Å²) in [5.74, 6) is 1.55. The van der Waals surface area contributed by atoms with Crippen molar-refractivity contribution in [2.45, 2.75) is 25.4 Å². The van der Waals surface area contributed by atoms with Crippen LogP contribution in [0.4, 0.5) is 0 Å². The number of carbonyl (C=O) groups excluding carboxylic acids is 2. The third-order valence-electron chi connectivity index (χ3n) is 4.94. The largest absolute Gasteiger partial charge is 0.454 e. The zero-order valence-electron chi connectivity index (χ0n) is 14.1. The van der Waals surface area contributed by atoms with Gasteiger partial charge in [-0.15, -0.1) is 0 Å². The highest BCUT2D eigenvalue weighted by atomic mass is 16.7. The Morgan fingerprint density at radius 1 is 1.04 bits per heavy atom. The van der Waals surface area contributed by atoms with Crippen LogP contribution >= 0.6 is 0 Å². The molecule has 3 aliphatic rings. The first kappa shape index (κ1) is 16.2. The molecule has 7 nitrogen and oxygen atoms in total. The quantitative estimate of drug-likeness (QED) is 0.810. The van der Waals surface area contributed by atoms with Crippen LogP contribution in [0.25, 0.3) is 0 Å². The second kappa shape index (κ2) is 6.92. The van der Waals surface area contributed by atoms with E-state index in [0.717, 1.165) is 24.2 Å². The Bertz CT molecular complexity index is 663. The maximum atomic E-state index is 12.5. The van der Waals surface area contributed by atoms with Crippen molar-refractivity contribution in [3.63, 3.8) is 0 Å². The monoisotopic (exact) mass is 346 g/mol. The maximum absolute atomic E-state index is 12.5. The molecule has 134 valence electrons. The molecule has 1 atom stereocenters. The molecule has 7 heteroatoms. The Balaban J connectivity index is 1.30. The van der Waals surface area contributed by atoms with E-state index in [9.17, 15) is 9.59 Å². The van der Waals surface area contributed by atoms with Gasteiger partial charge in [0, 0.05) is 32.8 Å². The molecule has 0 aromatic heterocycles. The van der Waals surface area contributed by atoms with Crippen molar-refractivity contribution in [3.8, 4) is 11.5 Å². The molecule has 2 amide bonds. The van der Waals surface area contributed by atoms with E-state index in [1.165, 1.54) is 0 Å². The summed E-state index contributed by atoms with van der Waals surface area (Å²) in [4.78, 5) is 28.5. The average Bonchev–Trinajstić information content (AvgIpc) is 3.32. The summed E-state index contributed by atoms with van der Waals surface area (Å²) in [6.07, 6.45) is 1.80. The van der Waals surface area contributed by atoms with Gasteiger partial charge in [0.05, 0.1) is 6.42 Å². The SMILES string of the molecule is O=C(Cc1ccc2c(c1)OCO2)N1CCN(C(=O)C2CCCO2)CC1. The smallest absolute Gasteiger partial charge is 0.251 e. The minimum absolute atomic E-state index is 0.0698. The Morgan fingerprint density at radius 3 is 2.56 bits per heavy atom. The molecule has 4 rings (SSSR count). The lowest BCUT2D eigenvalue weighted by Gasteiger charge is -2.35. The molecule has 25 heavy (non-hydrogen) atoms. The van der Waals surface area contributed by atoms with Gasteiger partial charge in [0.1, 0.15) is 6.10 Å². The van der Waals surface area contributed by atoms with Gasteiger partial charge in [-0.25, -0.2) is 0 Å². The van der Waals surface area contributed by atoms with E-state index in [0.29, 0.717) is 45.0 Å². The van der Waals surface area contributed by atoms with Crippen molar-refractivity contribution in [3.05, 3.63) is 23.8 Å². The molecule has 3 aliphatic heterocycles. The lowest BCUT2D eigenvalue weighted by Crippen LogP contribution is -2.53. The molecule has 1 aromatic carbocycles. The van der Waals surface area contributed by atoms with E-state index in [1.54, 1.807) is 0 Å². The second-order valence-electron chi connectivity index (χ2n) is 6.57. The summed E-state index contributed by atoms with van der Waals surface area (Å²) in [5, 5.41) is 0. The number of carbonyl (C=O) groups is 2. The molecule has 1 unspecified atom stereocenters. The number of amides is 2. The fourth-order valence-corrected chi connectivity index (χ4v) is 3.49. The van der Waals surface area contributed by atoms with Crippen molar-refractivity contribution in [2.24, 2.45) is 0 Å². The first-order valence-electron chi connectivity index (χ1n) is 8.77. The molecule has 0 bridgehead atoms. The molecule has 2 saturated heterocycles. The van der Waals surface area contributed by atoms with Crippen LogP contribution in [0, 0.1) is 0 Å². The fraction of sp³-hybridized carbons (Fsp3) is 0.556. The third-order valence-corrected chi connectivity index (χ3v) is 4.94. The van der Waals surface area contributed by atoms with E-state index >= 15 is 0 Å². The van der Waals surface area contributed by atoms with Crippen LogP contribution in [-0.2, 0) is 20.7 Å². The topological polar surface area (TPSA) is 68.3 Å². The Kier molecular flexibility index (Phi) is 4.48. The summed E-state index contributed by atoms with van der Waals surface area (Å²) in [5.41, 5.74) is 0.909. The van der Waals surface area contributed by atoms with Crippen molar-refractivity contribution in [1.29, 1.82) is 0 Å². The number of nitrogens with zero attached hydrogens (tertiary/aromatic N) is 2. The minimum Gasteiger partial charge on any atom is -0.454 e. The number of rotatable bonds is 3. The van der Waals surface area contributed by atoms with Crippen LogP contribution in [0.5, 0.6) is 11.5 Å². The van der Waals surface area contributed by atoms with Crippen molar-refractivity contribution < 1.29 is 23.8 Å². The summed E-state index contributed by atoms with van der Waals surface area (Å²) < 4.78 is 16.1. The predicted molar refractivity (Wildman–Crippen MR) is 88.4 cm³/mol. The van der Waals surface area contributed by atoms with Gasteiger partial charge in [-0.2, -0.15) is 0 Å². The van der Waals surface area contributed by atoms with E-state index in [4.69, 9.17) is 14.2 Å². The molecule has 0 spiro atoms. The van der Waals surface area contributed by atoms with Gasteiger partial charge < -0.3 is 24.0 Å². The molecule has 1 aromatic rings. The van der Waals surface area contributed by atoms with Gasteiger partial charge in [-0.05, 0) is 30.5 Å². The van der Waals surface area contributed by atoms with Gasteiger partial charge in [-0.3, -0.25) is 9.59 Å². The van der Waals surface area contributed by atoms with Crippen LogP contribution in [0.1, 0.15) is 18.4 Å². The van der Waals surface area contributed by atoms with Crippen molar-refractivity contribution in [1.82, 2.24) is 9.80 Å². The summed E-state index contributed by atoms with van der Waals surface area (Å²) in [6.45, 7) is 3.19. The number of hydrogen-bond donors (Lipinski definition) is 0. The fourth-order valence-electron chi connectivity index (χ4n) is 3.49. The molecular weight excluding hydrogens is 324 g/mol. The lowest BCUT2D eigenvalue weighted by molar-refractivity contribution is -0.145. The van der Waals surface area contributed by atoms with E-state index in [1.807, 2.05) is 28.0 Å². The summed E-state index contributed by atoms with van der Waals surface area (Å²) in [7, 11) is 0. The van der Waals surface area contributed by atoms with Crippen LogP contribution in [0.15, 0.2) is 18.2 Å². The first-order valence-corrected chi connectivity index (χ1v) is 8.77. The Labute approximate surface area is 146 Å². The molecule has 0 radical (unpaired) electrons. The van der Waals surface area contributed by atoms with Crippen LogP contribution < -0.4 is 9.47 Å². The summed E-state index contributed by atoms with van der Waals surface area (Å²) >= 11 is 0. The molecular formula is C18H22N2O5. The summed E-state index contributed by atoms with van der Waals surface area (Å²) in [6, 6.07) is 5.59. The van der Waals surface area contributed by atoms with Crippen LogP contribution in [-0.4, -0.2) is 67.3 Å². The van der Waals surface area contributed by atoms with E-state index < -0.39 is 0 Å². The molecule has 0 aliphatic carbocycles. The average molecular weight is 346 g/mol. The van der Waals surface area contributed by atoms with Gasteiger partial charge >= 0.3 is 0 Å². The van der Waals surface area contributed by atoms with Gasteiger partial charge in [0.2, 0.25) is 12.7 Å². The Morgan fingerprint density at radius 2 is 1.80 bits per heavy atom. The van der Waals surface area contributed by atoms with Crippen molar-refractivity contribution >= 4 is 11.8 Å². The first-order chi connectivity index (χ1) is 12.2. The van der Waals surface area contributed by atoms with Gasteiger partial charge in [0.15, 0.2) is 11.5 Å².